The second-order valence-corrected chi connectivity index (χ2v) is 6.38. The fourth-order valence-corrected chi connectivity index (χ4v) is 3.52. The number of hydrogen-bond acceptors (Lipinski definition) is 4. The molecule has 3 aliphatic rings. The van der Waals surface area contributed by atoms with E-state index in [0.29, 0.717) is 18.7 Å². The van der Waals surface area contributed by atoms with Crippen LogP contribution in [0.2, 0.25) is 0 Å². The summed E-state index contributed by atoms with van der Waals surface area (Å²) in [5, 5.41) is 19.5. The Bertz CT molecular complexity index is 584. The topological polar surface area (TPSA) is 73.7 Å². The second-order valence-electron chi connectivity index (χ2n) is 6.38. The summed E-state index contributed by atoms with van der Waals surface area (Å²) in [5.74, 6) is 0.891. The second kappa shape index (κ2) is 3.10. The van der Waals surface area contributed by atoms with Crippen LogP contribution < -0.4 is 4.90 Å². The van der Waals surface area contributed by atoms with Crippen molar-refractivity contribution >= 4 is 11.7 Å². The van der Waals surface area contributed by atoms with E-state index >= 15 is 0 Å². The van der Waals surface area contributed by atoms with Gasteiger partial charge in [0.15, 0.2) is 0 Å². The van der Waals surface area contributed by atoms with Crippen LogP contribution in [0.5, 0.6) is 5.75 Å². The highest BCUT2D eigenvalue weighted by atomic mass is 16.3. The number of rotatable bonds is 1. The zero-order valence-corrected chi connectivity index (χ0v) is 10.8. The van der Waals surface area contributed by atoms with E-state index < -0.39 is 11.0 Å². The van der Waals surface area contributed by atoms with Crippen LogP contribution in [-0.2, 0) is 10.2 Å². The molecule has 0 saturated heterocycles. The molecule has 5 nitrogen and oxygen atoms in total. The number of fused-ring (bicyclic) bond motifs is 2. The van der Waals surface area contributed by atoms with E-state index in [1.54, 1.807) is 17.9 Å². The molecule has 1 spiro atoms. The molecule has 1 aromatic rings. The molecule has 2 N–H and O–H groups in total. The highest BCUT2D eigenvalue weighted by molar-refractivity contribution is 6.09. The van der Waals surface area contributed by atoms with E-state index in [9.17, 15) is 15.0 Å². The van der Waals surface area contributed by atoms with E-state index in [4.69, 9.17) is 0 Å². The SMILES string of the molecule is CC1(O)CC(N2C(=O)C3(CC3)c3cc(O)cnc32)C1. The van der Waals surface area contributed by atoms with Crippen LogP contribution in [0, 0.1) is 0 Å². The van der Waals surface area contributed by atoms with Gasteiger partial charge in [-0.2, -0.15) is 0 Å². The number of amides is 1. The van der Waals surface area contributed by atoms with Gasteiger partial charge in [0.2, 0.25) is 5.91 Å². The number of aromatic hydroxyl groups is 1. The lowest BCUT2D eigenvalue weighted by Crippen LogP contribution is -2.55. The van der Waals surface area contributed by atoms with Gasteiger partial charge in [-0.3, -0.25) is 9.69 Å². The van der Waals surface area contributed by atoms with Crippen molar-refractivity contribution in [2.45, 2.75) is 49.7 Å². The van der Waals surface area contributed by atoms with Crippen molar-refractivity contribution < 1.29 is 15.0 Å². The van der Waals surface area contributed by atoms with Gasteiger partial charge >= 0.3 is 0 Å². The van der Waals surface area contributed by atoms with Crippen molar-refractivity contribution in [1.29, 1.82) is 0 Å². The minimum Gasteiger partial charge on any atom is -0.506 e. The predicted molar refractivity (Wildman–Crippen MR) is 67.9 cm³/mol. The van der Waals surface area contributed by atoms with Gasteiger partial charge < -0.3 is 10.2 Å². The molecule has 19 heavy (non-hydrogen) atoms. The first-order valence-corrected chi connectivity index (χ1v) is 6.69. The molecular formula is C14H16N2O3. The average Bonchev–Trinajstić information content (AvgIpc) is 3.05. The first-order chi connectivity index (χ1) is 8.93. The molecule has 5 heteroatoms. The predicted octanol–water partition coefficient (Wildman–Crippen LogP) is 1.08. The summed E-state index contributed by atoms with van der Waals surface area (Å²) in [6.45, 7) is 1.79. The van der Waals surface area contributed by atoms with Crippen LogP contribution in [0.1, 0.15) is 38.2 Å². The lowest BCUT2D eigenvalue weighted by atomic mass is 9.76. The molecule has 0 radical (unpaired) electrons. The lowest BCUT2D eigenvalue weighted by Gasteiger charge is -2.45. The highest BCUT2D eigenvalue weighted by Crippen LogP contribution is 2.59. The Labute approximate surface area is 110 Å². The third-order valence-corrected chi connectivity index (χ3v) is 4.69. The van der Waals surface area contributed by atoms with Gasteiger partial charge in [-0.25, -0.2) is 4.98 Å². The monoisotopic (exact) mass is 260 g/mol. The first kappa shape index (κ1) is 11.2. The molecule has 0 bridgehead atoms. The molecule has 2 heterocycles. The molecule has 2 saturated carbocycles. The Morgan fingerprint density at radius 3 is 2.68 bits per heavy atom. The molecule has 4 rings (SSSR count). The minimum atomic E-state index is -0.665. The fraction of sp³-hybridized carbons (Fsp3) is 0.571. The maximum absolute atomic E-state index is 12.6. The van der Waals surface area contributed by atoms with Crippen LogP contribution in [0.3, 0.4) is 0 Å². The van der Waals surface area contributed by atoms with Gasteiger partial charge in [0.25, 0.3) is 0 Å². The van der Waals surface area contributed by atoms with Gasteiger partial charge in [0, 0.05) is 11.6 Å². The lowest BCUT2D eigenvalue weighted by molar-refractivity contribution is -0.122. The molecule has 1 aliphatic heterocycles. The Morgan fingerprint density at radius 2 is 2.11 bits per heavy atom. The summed E-state index contributed by atoms with van der Waals surface area (Å²) < 4.78 is 0. The van der Waals surface area contributed by atoms with Gasteiger partial charge in [0.1, 0.15) is 11.6 Å². The van der Waals surface area contributed by atoms with Crippen molar-refractivity contribution in [2.24, 2.45) is 0 Å². The smallest absolute Gasteiger partial charge is 0.239 e. The van der Waals surface area contributed by atoms with Gasteiger partial charge in [-0.05, 0) is 38.7 Å². The minimum absolute atomic E-state index is 0.0401. The molecule has 0 unspecified atom stereocenters. The van der Waals surface area contributed by atoms with Crippen molar-refractivity contribution in [3.8, 4) is 5.75 Å². The third-order valence-electron chi connectivity index (χ3n) is 4.69. The number of nitrogens with zero attached hydrogens (tertiary/aromatic N) is 2. The largest absolute Gasteiger partial charge is 0.506 e. The zero-order valence-electron chi connectivity index (χ0n) is 10.8. The number of pyridine rings is 1. The number of carbonyl (C=O) groups is 1. The van der Waals surface area contributed by atoms with Crippen molar-refractivity contribution in [3.05, 3.63) is 17.8 Å². The van der Waals surface area contributed by atoms with E-state index in [1.165, 1.54) is 6.20 Å². The number of aliphatic hydroxyl groups is 1. The summed E-state index contributed by atoms with van der Waals surface area (Å²) in [6.07, 6.45) is 4.25. The summed E-state index contributed by atoms with van der Waals surface area (Å²) in [5.41, 5.74) is -0.229. The molecule has 1 amide bonds. The Hall–Kier alpha value is -1.62. The van der Waals surface area contributed by atoms with Crippen molar-refractivity contribution in [1.82, 2.24) is 4.98 Å². The van der Waals surface area contributed by atoms with Crippen LogP contribution >= 0.6 is 0 Å². The molecular weight excluding hydrogens is 244 g/mol. The molecule has 2 aliphatic carbocycles. The van der Waals surface area contributed by atoms with Crippen LogP contribution in [0.15, 0.2) is 12.3 Å². The van der Waals surface area contributed by atoms with E-state index in [-0.39, 0.29) is 17.7 Å². The number of aromatic nitrogens is 1. The fourth-order valence-electron chi connectivity index (χ4n) is 3.52. The highest BCUT2D eigenvalue weighted by Gasteiger charge is 2.62. The third kappa shape index (κ3) is 1.33. The van der Waals surface area contributed by atoms with Gasteiger partial charge in [-0.1, -0.05) is 0 Å². The van der Waals surface area contributed by atoms with Crippen molar-refractivity contribution in [2.75, 3.05) is 4.90 Å². The normalized spacial score (nSPS) is 34.3. The van der Waals surface area contributed by atoms with E-state index in [1.807, 2.05) is 0 Å². The average molecular weight is 260 g/mol. The van der Waals surface area contributed by atoms with E-state index in [0.717, 1.165) is 18.4 Å². The van der Waals surface area contributed by atoms with Gasteiger partial charge in [-0.15, -0.1) is 0 Å². The Balaban J connectivity index is 1.77. The quantitative estimate of drug-likeness (QED) is 0.792. The standard InChI is InChI=1S/C14H16N2O3/c1-13(19)5-8(6-13)16-11-10(4-9(17)7-15-11)14(2-3-14)12(16)18/h4,7-8,17,19H,2-3,5-6H2,1H3. The maximum Gasteiger partial charge on any atom is 0.239 e. The molecule has 1 aromatic heterocycles. The summed E-state index contributed by atoms with van der Waals surface area (Å²) >= 11 is 0. The van der Waals surface area contributed by atoms with Crippen LogP contribution in [0.25, 0.3) is 0 Å². The van der Waals surface area contributed by atoms with Gasteiger partial charge in [0.05, 0.1) is 17.2 Å². The number of hydrogen-bond donors (Lipinski definition) is 2. The summed E-state index contributed by atoms with van der Waals surface area (Å²) in [4.78, 5) is 18.6. The zero-order chi connectivity index (χ0) is 13.4. The molecule has 100 valence electrons. The Kier molecular flexibility index (Phi) is 1.83. The number of carbonyl (C=O) groups excluding carboxylic acids is 1. The maximum atomic E-state index is 12.6. The summed E-state index contributed by atoms with van der Waals surface area (Å²) in [6, 6.07) is 1.71. The van der Waals surface area contributed by atoms with Crippen molar-refractivity contribution in [3.63, 3.8) is 0 Å². The Morgan fingerprint density at radius 1 is 1.42 bits per heavy atom. The van der Waals surface area contributed by atoms with Crippen LogP contribution in [0.4, 0.5) is 5.82 Å². The molecule has 2 fully saturated rings. The molecule has 0 aromatic carbocycles. The van der Waals surface area contributed by atoms with Crippen LogP contribution in [-0.4, -0.2) is 32.7 Å². The molecule has 0 atom stereocenters. The summed E-state index contributed by atoms with van der Waals surface area (Å²) in [7, 11) is 0. The van der Waals surface area contributed by atoms with E-state index in [2.05, 4.69) is 4.98 Å². The first-order valence-electron chi connectivity index (χ1n) is 6.69. The number of anilines is 1.